The molecule has 0 aliphatic rings. The Balaban J connectivity index is 2.59. The van der Waals surface area contributed by atoms with Gasteiger partial charge in [0.2, 0.25) is 0 Å². The molecule has 1 heterocycles. The van der Waals surface area contributed by atoms with Crippen molar-refractivity contribution in [2.45, 2.75) is 20.0 Å². The van der Waals surface area contributed by atoms with Crippen LogP contribution in [0, 0.1) is 0 Å². The van der Waals surface area contributed by atoms with Crippen LogP contribution in [0.25, 0.3) is 0 Å². The highest BCUT2D eigenvalue weighted by atomic mass is 15.1. The summed E-state index contributed by atoms with van der Waals surface area (Å²) in [5, 5.41) is 3.27. The van der Waals surface area contributed by atoms with Gasteiger partial charge in [-0.05, 0) is 32.8 Å². The van der Waals surface area contributed by atoms with Gasteiger partial charge in [-0.1, -0.05) is 13.0 Å². The summed E-state index contributed by atoms with van der Waals surface area (Å²) in [5.41, 5.74) is 2.25. The fourth-order valence-corrected chi connectivity index (χ4v) is 1.29. The van der Waals surface area contributed by atoms with E-state index in [0.29, 0.717) is 0 Å². The van der Waals surface area contributed by atoms with Gasteiger partial charge < -0.3 is 10.2 Å². The third-order valence-corrected chi connectivity index (χ3v) is 1.90. The molecule has 1 rings (SSSR count). The van der Waals surface area contributed by atoms with Crippen LogP contribution in [0.1, 0.15) is 18.3 Å². The van der Waals surface area contributed by atoms with Crippen molar-refractivity contribution < 1.29 is 0 Å². The molecule has 0 aromatic carbocycles. The molecule has 3 nitrogen and oxygen atoms in total. The number of hydrogen-bond acceptors (Lipinski definition) is 3. The topological polar surface area (TPSA) is 28.2 Å². The first-order valence-electron chi connectivity index (χ1n) is 5.02. The molecule has 0 aliphatic carbocycles. The molecule has 0 bridgehead atoms. The lowest BCUT2D eigenvalue weighted by Gasteiger charge is -2.09. The Kier molecular flexibility index (Phi) is 4.56. The normalized spacial score (nSPS) is 10.9. The van der Waals surface area contributed by atoms with Gasteiger partial charge in [0.15, 0.2) is 0 Å². The van der Waals surface area contributed by atoms with Crippen LogP contribution in [0.2, 0.25) is 0 Å². The van der Waals surface area contributed by atoms with Crippen molar-refractivity contribution in [1.29, 1.82) is 0 Å². The molecule has 0 aliphatic heterocycles. The SMILES string of the molecule is CCNCc1cccc(CN(C)C)n1. The highest BCUT2D eigenvalue weighted by Gasteiger charge is 1.98. The van der Waals surface area contributed by atoms with Crippen LogP contribution in [0.3, 0.4) is 0 Å². The summed E-state index contributed by atoms with van der Waals surface area (Å²) in [6.45, 7) is 4.85. The lowest BCUT2D eigenvalue weighted by molar-refractivity contribution is 0.396. The number of nitrogens with zero attached hydrogens (tertiary/aromatic N) is 2. The zero-order chi connectivity index (χ0) is 10.4. The number of rotatable bonds is 5. The lowest BCUT2D eigenvalue weighted by atomic mass is 10.3. The first-order chi connectivity index (χ1) is 6.72. The number of pyridine rings is 1. The maximum Gasteiger partial charge on any atom is 0.0547 e. The summed E-state index contributed by atoms with van der Waals surface area (Å²) >= 11 is 0. The van der Waals surface area contributed by atoms with Gasteiger partial charge in [-0.3, -0.25) is 4.98 Å². The minimum Gasteiger partial charge on any atom is -0.311 e. The van der Waals surface area contributed by atoms with Gasteiger partial charge >= 0.3 is 0 Å². The summed E-state index contributed by atoms with van der Waals surface area (Å²) in [6, 6.07) is 6.19. The molecule has 0 atom stereocenters. The molecule has 0 saturated carbocycles. The number of nitrogens with one attached hydrogen (secondary N) is 1. The molecule has 1 aromatic heterocycles. The van der Waals surface area contributed by atoms with Gasteiger partial charge in [0, 0.05) is 13.1 Å². The molecule has 0 saturated heterocycles. The first-order valence-corrected chi connectivity index (χ1v) is 5.02. The van der Waals surface area contributed by atoms with E-state index in [9.17, 15) is 0 Å². The van der Waals surface area contributed by atoms with Crippen molar-refractivity contribution >= 4 is 0 Å². The van der Waals surface area contributed by atoms with E-state index >= 15 is 0 Å². The van der Waals surface area contributed by atoms with Gasteiger partial charge in [-0.25, -0.2) is 0 Å². The standard InChI is InChI=1S/C11H19N3/c1-4-12-8-10-6-5-7-11(13-10)9-14(2)3/h5-7,12H,4,8-9H2,1-3H3. The molecular formula is C11H19N3. The van der Waals surface area contributed by atoms with E-state index in [1.54, 1.807) is 0 Å². The highest BCUT2D eigenvalue weighted by molar-refractivity contribution is 5.11. The molecule has 1 aromatic rings. The predicted molar refractivity (Wildman–Crippen MR) is 59.0 cm³/mol. The Hall–Kier alpha value is -0.930. The number of aromatic nitrogens is 1. The first kappa shape index (κ1) is 11.1. The molecule has 0 unspecified atom stereocenters. The monoisotopic (exact) mass is 193 g/mol. The third-order valence-electron chi connectivity index (χ3n) is 1.90. The van der Waals surface area contributed by atoms with Crippen LogP contribution < -0.4 is 5.32 Å². The smallest absolute Gasteiger partial charge is 0.0547 e. The fraction of sp³-hybridized carbons (Fsp3) is 0.545. The zero-order valence-electron chi connectivity index (χ0n) is 9.25. The minimum atomic E-state index is 0.859. The van der Waals surface area contributed by atoms with Crippen LogP contribution >= 0.6 is 0 Å². The summed E-state index contributed by atoms with van der Waals surface area (Å²) in [7, 11) is 4.11. The molecule has 1 N–H and O–H groups in total. The van der Waals surface area contributed by atoms with Crippen LogP contribution in [0.5, 0.6) is 0 Å². The van der Waals surface area contributed by atoms with Gasteiger partial charge in [-0.15, -0.1) is 0 Å². The molecule has 14 heavy (non-hydrogen) atoms. The second kappa shape index (κ2) is 5.73. The predicted octanol–water partition coefficient (Wildman–Crippen LogP) is 1.25. The zero-order valence-corrected chi connectivity index (χ0v) is 9.25. The van der Waals surface area contributed by atoms with Gasteiger partial charge in [0.1, 0.15) is 0 Å². The highest BCUT2D eigenvalue weighted by Crippen LogP contribution is 2.01. The molecular weight excluding hydrogens is 174 g/mol. The Labute approximate surface area is 86.2 Å². The van der Waals surface area contributed by atoms with Crippen molar-refractivity contribution in [1.82, 2.24) is 15.2 Å². The van der Waals surface area contributed by atoms with E-state index < -0.39 is 0 Å². The fourth-order valence-electron chi connectivity index (χ4n) is 1.29. The summed E-state index contributed by atoms with van der Waals surface area (Å²) in [4.78, 5) is 6.67. The molecule has 0 spiro atoms. The van der Waals surface area contributed by atoms with E-state index in [-0.39, 0.29) is 0 Å². The van der Waals surface area contributed by atoms with Crippen LogP contribution in [0.15, 0.2) is 18.2 Å². The Morgan fingerprint density at radius 2 is 2.00 bits per heavy atom. The third kappa shape index (κ3) is 3.85. The largest absolute Gasteiger partial charge is 0.311 e. The van der Waals surface area contributed by atoms with Crippen molar-refractivity contribution in [2.24, 2.45) is 0 Å². The van der Waals surface area contributed by atoms with Crippen molar-refractivity contribution in [3.8, 4) is 0 Å². The Morgan fingerprint density at radius 3 is 2.64 bits per heavy atom. The van der Waals surface area contributed by atoms with Crippen molar-refractivity contribution in [3.63, 3.8) is 0 Å². The second-order valence-corrected chi connectivity index (χ2v) is 3.64. The summed E-state index contributed by atoms with van der Waals surface area (Å²) in [6.07, 6.45) is 0. The average molecular weight is 193 g/mol. The van der Waals surface area contributed by atoms with E-state index in [1.165, 1.54) is 0 Å². The van der Waals surface area contributed by atoms with Crippen molar-refractivity contribution in [2.75, 3.05) is 20.6 Å². The minimum absolute atomic E-state index is 0.859. The quantitative estimate of drug-likeness (QED) is 0.763. The lowest BCUT2D eigenvalue weighted by Crippen LogP contribution is -2.15. The average Bonchev–Trinajstić information content (AvgIpc) is 2.14. The van der Waals surface area contributed by atoms with E-state index in [0.717, 1.165) is 31.0 Å². The van der Waals surface area contributed by atoms with Gasteiger partial charge in [0.25, 0.3) is 0 Å². The van der Waals surface area contributed by atoms with Crippen LogP contribution in [0.4, 0.5) is 0 Å². The van der Waals surface area contributed by atoms with Crippen LogP contribution in [-0.4, -0.2) is 30.5 Å². The molecule has 0 fully saturated rings. The molecule has 3 heteroatoms. The summed E-state index contributed by atoms with van der Waals surface area (Å²) in [5.74, 6) is 0. The maximum atomic E-state index is 4.55. The van der Waals surface area contributed by atoms with Gasteiger partial charge in [-0.2, -0.15) is 0 Å². The Bertz CT molecular complexity index is 271. The van der Waals surface area contributed by atoms with E-state index in [4.69, 9.17) is 0 Å². The van der Waals surface area contributed by atoms with Crippen molar-refractivity contribution in [3.05, 3.63) is 29.6 Å². The molecule has 0 radical (unpaired) electrons. The molecule has 0 amide bonds. The van der Waals surface area contributed by atoms with Crippen LogP contribution in [-0.2, 0) is 13.1 Å². The van der Waals surface area contributed by atoms with Gasteiger partial charge in [0.05, 0.1) is 11.4 Å². The Morgan fingerprint density at radius 1 is 1.29 bits per heavy atom. The van der Waals surface area contributed by atoms with E-state index in [2.05, 4.69) is 54.4 Å². The van der Waals surface area contributed by atoms with E-state index in [1.807, 2.05) is 0 Å². The maximum absolute atomic E-state index is 4.55. The number of hydrogen-bond donors (Lipinski definition) is 1. The summed E-state index contributed by atoms with van der Waals surface area (Å²) < 4.78 is 0. The molecule has 78 valence electrons. The second-order valence-electron chi connectivity index (χ2n) is 3.64.